The first-order valence-electron chi connectivity index (χ1n) is 13.2. The molecule has 39 heavy (non-hydrogen) atoms. The van der Waals surface area contributed by atoms with Gasteiger partial charge in [-0.15, -0.1) is 0 Å². The topological polar surface area (TPSA) is 93.2 Å². The summed E-state index contributed by atoms with van der Waals surface area (Å²) in [6.07, 6.45) is 4.15. The number of nitrogens with zero attached hydrogens (tertiary/aromatic N) is 3. The summed E-state index contributed by atoms with van der Waals surface area (Å²) in [6.45, 7) is 5.84. The van der Waals surface area contributed by atoms with Crippen molar-refractivity contribution in [2.75, 3.05) is 58.8 Å². The highest BCUT2D eigenvalue weighted by Gasteiger charge is 2.50. The Kier molecular flexibility index (Phi) is 7.94. The second kappa shape index (κ2) is 11.5. The van der Waals surface area contributed by atoms with E-state index in [0.29, 0.717) is 53.9 Å². The predicted octanol–water partition coefficient (Wildman–Crippen LogP) is 4.11. The molecule has 0 unspecified atom stereocenters. The molecule has 5 rings (SSSR count). The van der Waals surface area contributed by atoms with E-state index in [9.17, 15) is 14.0 Å². The van der Waals surface area contributed by atoms with E-state index in [1.165, 1.54) is 18.2 Å². The van der Waals surface area contributed by atoms with Crippen molar-refractivity contribution in [3.05, 3.63) is 48.4 Å². The first-order valence-corrected chi connectivity index (χ1v) is 13.2. The number of hydrogen-bond acceptors (Lipinski definition) is 8. The van der Waals surface area contributed by atoms with Gasteiger partial charge in [0.15, 0.2) is 23.1 Å². The molecule has 0 bridgehead atoms. The number of halogens is 1. The first kappa shape index (κ1) is 26.8. The third kappa shape index (κ3) is 6.12. The van der Waals surface area contributed by atoms with E-state index in [1.54, 1.807) is 31.5 Å². The number of piperazine rings is 1. The Hall–Kier alpha value is -3.76. The van der Waals surface area contributed by atoms with Crippen molar-refractivity contribution in [2.24, 2.45) is 5.41 Å². The lowest BCUT2D eigenvalue weighted by Crippen LogP contribution is -2.44. The number of aromatic nitrogens is 1. The molecule has 1 saturated carbocycles. The number of aldehydes is 1. The summed E-state index contributed by atoms with van der Waals surface area (Å²) in [4.78, 5) is 32.7. The number of likely N-dealkylation sites (N-methyl/N-ethyl adjacent to an activating group) is 1. The van der Waals surface area contributed by atoms with Gasteiger partial charge in [0.05, 0.1) is 19.2 Å². The van der Waals surface area contributed by atoms with Crippen molar-refractivity contribution in [1.29, 1.82) is 0 Å². The highest BCUT2D eigenvalue weighted by molar-refractivity contribution is 6.07. The summed E-state index contributed by atoms with van der Waals surface area (Å²) in [6, 6.07) is 9.36. The summed E-state index contributed by atoms with van der Waals surface area (Å²) >= 11 is 0. The predicted molar refractivity (Wildman–Crippen MR) is 145 cm³/mol. The molecule has 1 aromatic heterocycles. The van der Waals surface area contributed by atoms with Crippen LogP contribution in [0.25, 0.3) is 10.9 Å². The molecule has 3 aromatic rings. The van der Waals surface area contributed by atoms with Crippen molar-refractivity contribution in [3.63, 3.8) is 0 Å². The van der Waals surface area contributed by atoms with Gasteiger partial charge in [0.2, 0.25) is 5.91 Å². The number of ether oxygens (including phenoxy) is 3. The average Bonchev–Trinajstić information content (AvgIpc) is 3.75. The first-order chi connectivity index (χ1) is 18.9. The van der Waals surface area contributed by atoms with Crippen LogP contribution in [0.4, 0.5) is 10.1 Å². The number of rotatable bonds is 11. The standard InChI is InChI=1S/C29H33FN4O5/c1-33-11-13-34(14-12-33)10-3-15-38-27-18-23-21(17-26(27)37-2)24(6-9-31-23)39-25-5-4-20(16-22(25)30)32-28(36)29(19-35)7-8-29/h4-6,9,16-19H,3,7-8,10-15H2,1-2H3,(H,32,36). The van der Waals surface area contributed by atoms with Gasteiger partial charge in [0.25, 0.3) is 0 Å². The van der Waals surface area contributed by atoms with Gasteiger partial charge in [0.1, 0.15) is 17.5 Å². The van der Waals surface area contributed by atoms with Gasteiger partial charge in [-0.1, -0.05) is 0 Å². The number of benzene rings is 2. The molecule has 2 heterocycles. The molecule has 206 valence electrons. The third-order valence-corrected chi connectivity index (χ3v) is 7.34. The number of amides is 1. The molecular formula is C29H33FN4O5. The largest absolute Gasteiger partial charge is 0.493 e. The molecule has 2 fully saturated rings. The average molecular weight is 537 g/mol. The lowest BCUT2D eigenvalue weighted by atomic mass is 10.1. The van der Waals surface area contributed by atoms with Crippen molar-refractivity contribution < 1.29 is 28.2 Å². The maximum Gasteiger partial charge on any atom is 0.237 e. The van der Waals surface area contributed by atoms with Gasteiger partial charge in [-0.3, -0.25) is 9.78 Å². The lowest BCUT2D eigenvalue weighted by molar-refractivity contribution is -0.126. The number of fused-ring (bicyclic) bond motifs is 1. The molecule has 0 radical (unpaired) electrons. The van der Waals surface area contributed by atoms with Crippen LogP contribution in [0.15, 0.2) is 42.6 Å². The van der Waals surface area contributed by atoms with Gasteiger partial charge in [-0.25, -0.2) is 4.39 Å². The Labute approximate surface area is 226 Å². The molecule has 0 spiro atoms. The number of anilines is 1. The minimum atomic E-state index is -0.978. The highest BCUT2D eigenvalue weighted by atomic mass is 19.1. The van der Waals surface area contributed by atoms with E-state index in [4.69, 9.17) is 14.2 Å². The summed E-state index contributed by atoms with van der Waals surface area (Å²) < 4.78 is 32.4. The van der Waals surface area contributed by atoms with Crippen LogP contribution in [0.1, 0.15) is 19.3 Å². The normalized spacial score (nSPS) is 17.0. The summed E-state index contributed by atoms with van der Waals surface area (Å²) in [5.41, 5.74) is -0.0997. The lowest BCUT2D eigenvalue weighted by Gasteiger charge is -2.32. The van der Waals surface area contributed by atoms with Crippen LogP contribution >= 0.6 is 0 Å². The van der Waals surface area contributed by atoms with E-state index in [1.807, 2.05) is 0 Å². The second-order valence-electron chi connectivity index (χ2n) is 10.2. The van der Waals surface area contributed by atoms with E-state index < -0.39 is 17.1 Å². The van der Waals surface area contributed by atoms with Crippen LogP contribution in [0.3, 0.4) is 0 Å². The Morgan fingerprint density at radius 1 is 1.08 bits per heavy atom. The molecule has 10 heteroatoms. The second-order valence-corrected chi connectivity index (χ2v) is 10.2. The minimum absolute atomic E-state index is 0.0137. The van der Waals surface area contributed by atoms with Crippen molar-refractivity contribution in [2.45, 2.75) is 19.3 Å². The number of carbonyl (C=O) groups excluding carboxylic acids is 2. The zero-order valence-corrected chi connectivity index (χ0v) is 22.2. The highest BCUT2D eigenvalue weighted by Crippen LogP contribution is 2.44. The zero-order valence-electron chi connectivity index (χ0n) is 22.2. The summed E-state index contributed by atoms with van der Waals surface area (Å²) in [5, 5.41) is 3.25. The fourth-order valence-electron chi connectivity index (χ4n) is 4.60. The van der Waals surface area contributed by atoms with E-state index >= 15 is 0 Å². The monoisotopic (exact) mass is 536 g/mol. The fraction of sp³-hybridized carbons (Fsp3) is 0.414. The molecule has 0 atom stereocenters. The quantitative estimate of drug-likeness (QED) is 0.222. The van der Waals surface area contributed by atoms with Crippen LogP contribution in [0.2, 0.25) is 0 Å². The van der Waals surface area contributed by atoms with Crippen molar-refractivity contribution >= 4 is 28.8 Å². The zero-order chi connectivity index (χ0) is 27.4. The Morgan fingerprint density at radius 3 is 2.56 bits per heavy atom. The Balaban J connectivity index is 1.25. The van der Waals surface area contributed by atoms with Crippen LogP contribution in [0, 0.1) is 11.2 Å². The maximum atomic E-state index is 14.9. The SMILES string of the molecule is COc1cc2c(Oc3ccc(NC(=O)C4(C=O)CC4)cc3F)ccnc2cc1OCCCN1CCN(C)CC1. The van der Waals surface area contributed by atoms with E-state index in [2.05, 4.69) is 27.1 Å². The maximum absolute atomic E-state index is 14.9. The molecule has 1 amide bonds. The molecule has 1 N–H and O–H groups in total. The van der Waals surface area contributed by atoms with Crippen LogP contribution in [-0.2, 0) is 9.59 Å². The number of carbonyl (C=O) groups is 2. The van der Waals surface area contributed by atoms with Gasteiger partial charge >= 0.3 is 0 Å². The molecule has 1 aliphatic heterocycles. The van der Waals surface area contributed by atoms with Crippen LogP contribution < -0.4 is 19.5 Å². The van der Waals surface area contributed by atoms with E-state index in [0.717, 1.165) is 39.1 Å². The van der Waals surface area contributed by atoms with Crippen LogP contribution in [-0.4, -0.2) is 80.5 Å². The molecular weight excluding hydrogens is 503 g/mol. The van der Waals surface area contributed by atoms with E-state index in [-0.39, 0.29) is 11.4 Å². The smallest absolute Gasteiger partial charge is 0.237 e. The molecule has 1 saturated heterocycles. The van der Waals surface area contributed by atoms with Gasteiger partial charge in [-0.05, 0) is 50.6 Å². The van der Waals surface area contributed by atoms with Crippen molar-refractivity contribution in [3.8, 4) is 23.0 Å². The summed E-state index contributed by atoms with van der Waals surface area (Å²) in [5.74, 6) is 0.426. The van der Waals surface area contributed by atoms with Crippen LogP contribution in [0.5, 0.6) is 23.0 Å². The Morgan fingerprint density at radius 2 is 1.87 bits per heavy atom. The number of methoxy groups -OCH3 is 1. The molecule has 2 aromatic carbocycles. The Bertz CT molecular complexity index is 1360. The van der Waals surface area contributed by atoms with Crippen molar-refractivity contribution in [1.82, 2.24) is 14.8 Å². The molecule has 1 aliphatic carbocycles. The number of hydrogen-bond donors (Lipinski definition) is 1. The van der Waals surface area contributed by atoms with Gasteiger partial charge in [0, 0.05) is 62.1 Å². The fourth-order valence-corrected chi connectivity index (χ4v) is 4.60. The molecule has 2 aliphatic rings. The number of pyridine rings is 1. The van der Waals surface area contributed by atoms with Gasteiger partial charge < -0.3 is 34.1 Å². The number of nitrogens with one attached hydrogen (secondary N) is 1. The summed E-state index contributed by atoms with van der Waals surface area (Å²) in [7, 11) is 3.71. The minimum Gasteiger partial charge on any atom is -0.493 e. The van der Waals surface area contributed by atoms with Gasteiger partial charge in [-0.2, -0.15) is 0 Å². The molecule has 9 nitrogen and oxygen atoms in total. The third-order valence-electron chi connectivity index (χ3n) is 7.34.